The van der Waals surface area contributed by atoms with Crippen molar-refractivity contribution < 1.29 is 59.4 Å². The molecule has 6 aromatic rings. The van der Waals surface area contributed by atoms with Crippen molar-refractivity contribution >= 4 is 57.5 Å². The first-order chi connectivity index (χ1) is 37.6. The fourth-order valence-corrected chi connectivity index (χ4v) is 10.0. The third-order valence-corrected chi connectivity index (χ3v) is 14.1. The number of carbonyl (C=O) groups excluding carboxylic acids is 4. The number of fused-ring (bicyclic) bond motifs is 2. The van der Waals surface area contributed by atoms with E-state index in [9.17, 15) is 49.9 Å². The predicted molar refractivity (Wildman–Crippen MR) is 275 cm³/mol. The summed E-state index contributed by atoms with van der Waals surface area (Å²) in [5.41, 5.74) is 6.93. The molecule has 0 radical (unpaired) electrons. The maximum Gasteiger partial charge on any atom is 0.338 e. The number of imidazole rings is 2. The fourth-order valence-electron chi connectivity index (χ4n) is 10.0. The number of aromatic nitrogens is 8. The number of primary amides is 1. The average Bonchev–Trinajstić information content (AvgIpc) is 4.19. The molecular formula is C53H54F7N13O6. The number of terminal acetylenes is 1. The standard InChI is InChI=1S/C26H24F4N6O3.C16H21N5O3.C11H9F3N2/c1-4-22(37)34-11-15(8-16(34)12-39-3)36-25(31-2)23(24(28)38)18(33-36)6-5-14-7-19-20(9-17(14)27)35(13-32-19)21-10-26(21,29)30;1-5-12-14(15(17)23)16(18-3)21(19-12)10-7-11(9-24-4)20(8-10)13(22)6-2;1-6-2-8-9(3-7(6)12)16(5-15-8)10-4-11(10,13)14/h4,7,9,13,15-16,21,31H,1,8,10-12H2,2-3H3;1,6,10-11,18H,2,7-9H2,3-4H3,(H2,17,23);2-3,5,10H,4H2,1H3/t15-,16+,21-;10-,11+;10-/m000/s1. The molecule has 10 rings (SSSR count). The van der Waals surface area contributed by atoms with Gasteiger partial charge in [0.25, 0.3) is 17.8 Å². The van der Waals surface area contributed by atoms with Gasteiger partial charge in [-0.25, -0.2) is 45.7 Å². The topological polar surface area (TPSA) is 215 Å². The summed E-state index contributed by atoms with van der Waals surface area (Å²) < 4.78 is 111. The van der Waals surface area contributed by atoms with Crippen molar-refractivity contribution in [2.45, 2.75) is 80.7 Å². The first kappa shape index (κ1) is 56.7. The second-order valence-electron chi connectivity index (χ2n) is 19.1. The van der Waals surface area contributed by atoms with E-state index in [1.807, 2.05) is 0 Å². The van der Waals surface area contributed by atoms with E-state index in [2.05, 4.69) is 61.7 Å². The highest BCUT2D eigenvalue weighted by molar-refractivity contribution is 6.00. The van der Waals surface area contributed by atoms with Gasteiger partial charge in [-0.1, -0.05) is 19.1 Å². The molecule has 6 heterocycles. The summed E-state index contributed by atoms with van der Waals surface area (Å²) in [6, 6.07) is 0.484. The van der Waals surface area contributed by atoms with Crippen molar-refractivity contribution in [3.8, 4) is 24.2 Å². The third-order valence-electron chi connectivity index (χ3n) is 14.1. The van der Waals surface area contributed by atoms with Crippen LogP contribution in [0.1, 0.15) is 93.1 Å². The Morgan fingerprint density at radius 2 is 1.22 bits per heavy atom. The van der Waals surface area contributed by atoms with Gasteiger partial charge in [-0.2, -0.15) is 14.6 Å². The molecule has 0 bridgehead atoms. The third kappa shape index (κ3) is 11.2. The Hall–Kier alpha value is -8.49. The average molecular weight is 1100 g/mol. The van der Waals surface area contributed by atoms with Gasteiger partial charge in [0, 0.05) is 66.4 Å². The minimum Gasteiger partial charge on any atom is -0.383 e. The number of alkyl halides is 4. The van der Waals surface area contributed by atoms with Crippen LogP contribution in [0.3, 0.4) is 0 Å². The van der Waals surface area contributed by atoms with Crippen LogP contribution < -0.4 is 16.4 Å². The van der Waals surface area contributed by atoms with Gasteiger partial charge in [0.15, 0.2) is 5.69 Å². The van der Waals surface area contributed by atoms with Crippen LogP contribution in [0.25, 0.3) is 22.1 Å². The molecule has 79 heavy (non-hydrogen) atoms. The van der Waals surface area contributed by atoms with E-state index >= 15 is 0 Å². The van der Waals surface area contributed by atoms with E-state index in [-0.39, 0.29) is 95.3 Å². The number of anilines is 2. The van der Waals surface area contributed by atoms with Crippen molar-refractivity contribution in [1.29, 1.82) is 0 Å². The quantitative estimate of drug-likeness (QED) is 0.0460. The summed E-state index contributed by atoms with van der Waals surface area (Å²) >= 11 is 0. The smallest absolute Gasteiger partial charge is 0.338 e. The lowest BCUT2D eigenvalue weighted by atomic mass is 10.1. The van der Waals surface area contributed by atoms with Crippen LogP contribution in [0.4, 0.5) is 42.4 Å². The molecule has 6 atom stereocenters. The number of carbonyl (C=O) groups is 4. The Labute approximate surface area is 447 Å². The molecule has 4 aromatic heterocycles. The number of ether oxygens (including phenoxy) is 2. The molecule has 26 heteroatoms. The van der Waals surface area contributed by atoms with Crippen LogP contribution in [0, 0.1) is 42.7 Å². The van der Waals surface area contributed by atoms with Crippen LogP contribution in [-0.4, -0.2) is 151 Å². The van der Waals surface area contributed by atoms with Crippen LogP contribution in [0.5, 0.6) is 0 Å². The molecule has 19 nitrogen and oxygen atoms in total. The summed E-state index contributed by atoms with van der Waals surface area (Å²) in [6.07, 6.45) is 11.0. The first-order valence-corrected chi connectivity index (χ1v) is 24.5. The van der Waals surface area contributed by atoms with E-state index in [4.69, 9.17) is 21.6 Å². The number of likely N-dealkylation sites (tertiary alicyclic amines) is 2. The maximum atomic E-state index is 14.9. The van der Waals surface area contributed by atoms with E-state index in [0.717, 1.165) is 6.07 Å². The summed E-state index contributed by atoms with van der Waals surface area (Å²) in [7, 11) is 6.23. The zero-order valence-electron chi connectivity index (χ0n) is 43.4. The molecular weight excluding hydrogens is 1050 g/mol. The molecule has 2 aliphatic carbocycles. The summed E-state index contributed by atoms with van der Waals surface area (Å²) in [5, 5.41) is 14.4. The van der Waals surface area contributed by atoms with Crippen LogP contribution >= 0.6 is 0 Å². The number of nitrogens with one attached hydrogen (secondary N) is 2. The summed E-state index contributed by atoms with van der Waals surface area (Å²) in [6.45, 7) is 9.95. The van der Waals surface area contributed by atoms with Gasteiger partial charge >= 0.3 is 6.04 Å². The number of hydrogen-bond donors (Lipinski definition) is 3. The van der Waals surface area contributed by atoms with Gasteiger partial charge in [0.1, 0.15) is 52.2 Å². The second kappa shape index (κ2) is 22.5. The van der Waals surface area contributed by atoms with Gasteiger partial charge in [-0.3, -0.25) is 19.2 Å². The van der Waals surface area contributed by atoms with Gasteiger partial charge in [0.2, 0.25) is 11.8 Å². The Morgan fingerprint density at radius 1 is 0.759 bits per heavy atom. The van der Waals surface area contributed by atoms with Crippen molar-refractivity contribution in [3.05, 3.63) is 108 Å². The van der Waals surface area contributed by atoms with Gasteiger partial charge in [0.05, 0.1) is 77.7 Å². The number of aryl methyl sites for hydroxylation is 1. The molecule has 2 aliphatic heterocycles. The van der Waals surface area contributed by atoms with Crippen molar-refractivity contribution in [1.82, 2.24) is 48.5 Å². The number of halogens is 7. The number of benzene rings is 2. The molecule has 4 aliphatic rings. The highest BCUT2D eigenvalue weighted by Gasteiger charge is 2.59. The second-order valence-corrected chi connectivity index (χ2v) is 19.1. The highest BCUT2D eigenvalue weighted by atomic mass is 19.3. The summed E-state index contributed by atoms with van der Waals surface area (Å²) in [5.74, 6) is 0.178. The highest BCUT2D eigenvalue weighted by Crippen LogP contribution is 2.54. The minimum atomic E-state index is -2.86. The number of methoxy groups -OCH3 is 2. The molecule has 2 saturated carbocycles. The molecule has 4 fully saturated rings. The Morgan fingerprint density at radius 3 is 1.63 bits per heavy atom. The monoisotopic (exact) mass is 1100 g/mol. The zero-order valence-corrected chi connectivity index (χ0v) is 43.4. The van der Waals surface area contributed by atoms with Crippen molar-refractivity contribution in [2.24, 2.45) is 5.73 Å². The predicted octanol–water partition coefficient (Wildman–Crippen LogP) is 6.52. The Kier molecular flexibility index (Phi) is 16.1. The van der Waals surface area contributed by atoms with E-state index in [1.165, 1.54) is 64.9 Å². The van der Waals surface area contributed by atoms with Crippen LogP contribution in [-0.2, 0) is 19.1 Å². The lowest BCUT2D eigenvalue weighted by molar-refractivity contribution is -0.128. The molecule has 0 unspecified atom stereocenters. The van der Waals surface area contributed by atoms with Gasteiger partial charge in [-0.15, -0.1) is 6.42 Å². The van der Waals surface area contributed by atoms with Crippen molar-refractivity contribution in [2.75, 3.05) is 65.3 Å². The Balaban J connectivity index is 0.000000173. The molecule has 2 aromatic carbocycles. The molecule has 4 N–H and O–H groups in total. The van der Waals surface area contributed by atoms with E-state index < -0.39 is 59.1 Å². The minimum absolute atomic E-state index is 0.0564. The largest absolute Gasteiger partial charge is 0.383 e. The number of hydrogen-bond acceptors (Lipinski definition) is 12. The van der Waals surface area contributed by atoms with Gasteiger partial charge < -0.3 is 44.8 Å². The number of amides is 3. The van der Waals surface area contributed by atoms with Crippen LogP contribution in [0.15, 0.2) is 62.2 Å². The summed E-state index contributed by atoms with van der Waals surface area (Å²) in [4.78, 5) is 59.4. The molecule has 0 spiro atoms. The first-order valence-electron chi connectivity index (χ1n) is 24.5. The maximum absolute atomic E-state index is 14.9. The fraction of sp³-hybridized carbons (Fsp3) is 0.396. The molecule has 3 amide bonds. The zero-order chi connectivity index (χ0) is 57.4. The number of nitrogens with two attached hydrogens (primary N) is 1. The van der Waals surface area contributed by atoms with E-state index in [1.54, 1.807) is 41.6 Å². The SMILES string of the molecule is C#Cc1nn([C@H]2C[C@H](COC)N(C(=O)C=C)C2)c(NC)c1C(N)=O.C=CC(=O)N1C[C@@H](n2nc(C#Cc3cc4ncn([C@H]5CC5(F)F)c4cc3F)c(C(=O)F)c2NC)C[C@@H]1COC.Cc1cc2ncn([C@H]3CC3(F)F)c2cc1F. The lowest BCUT2D eigenvalue weighted by Crippen LogP contribution is -2.37. The number of nitrogens with zero attached hydrogens (tertiary/aromatic N) is 10. The molecule has 2 saturated heterocycles. The lowest BCUT2D eigenvalue weighted by Gasteiger charge is -2.22. The van der Waals surface area contributed by atoms with E-state index in [0.29, 0.717) is 48.4 Å². The molecule has 416 valence electrons. The Bertz CT molecular complexity index is 3510. The number of rotatable bonds is 14. The normalized spacial score (nSPS) is 21.2. The van der Waals surface area contributed by atoms with Gasteiger partial charge in [-0.05, 0) is 61.5 Å². The van der Waals surface area contributed by atoms with Crippen molar-refractivity contribution in [3.63, 3.8) is 0 Å². The van der Waals surface area contributed by atoms with Crippen LogP contribution in [0.2, 0.25) is 0 Å².